The Morgan fingerprint density at radius 1 is 1.38 bits per heavy atom. The first kappa shape index (κ1) is 16.5. The van der Waals surface area contributed by atoms with E-state index >= 15 is 0 Å². The number of fused-ring (bicyclic) bond motifs is 1. The van der Waals surface area contributed by atoms with Gasteiger partial charge in [0.05, 0.1) is 6.61 Å². The van der Waals surface area contributed by atoms with Gasteiger partial charge in [-0.1, -0.05) is 12.1 Å². The molecule has 0 saturated heterocycles. The molecule has 0 unspecified atom stereocenters. The number of aromatic nitrogens is 2. The lowest BCUT2D eigenvalue weighted by Crippen LogP contribution is -2.31. The van der Waals surface area contributed by atoms with E-state index in [1.165, 1.54) is 0 Å². The monoisotopic (exact) mass is 329 g/mol. The Hall–Kier alpha value is -2.34. The van der Waals surface area contributed by atoms with Crippen molar-refractivity contribution in [2.75, 3.05) is 13.2 Å². The molecule has 128 valence electrons. The predicted molar refractivity (Wildman–Crippen MR) is 89.8 cm³/mol. The summed E-state index contributed by atoms with van der Waals surface area (Å²) in [7, 11) is 0. The second kappa shape index (κ2) is 7.05. The zero-order valence-electron chi connectivity index (χ0n) is 14.2. The number of benzene rings is 1. The van der Waals surface area contributed by atoms with Crippen LogP contribution >= 0.6 is 0 Å². The molecule has 0 amide bonds. The van der Waals surface area contributed by atoms with Crippen LogP contribution in [0.2, 0.25) is 0 Å². The highest BCUT2D eigenvalue weighted by Crippen LogP contribution is 2.25. The number of hydrogen-bond donors (Lipinski definition) is 1. The van der Waals surface area contributed by atoms with Crippen LogP contribution in [0.1, 0.15) is 41.2 Å². The normalized spacial score (nSPS) is 14.4. The van der Waals surface area contributed by atoms with Crippen molar-refractivity contribution in [1.29, 1.82) is 0 Å². The van der Waals surface area contributed by atoms with E-state index in [-0.39, 0.29) is 11.7 Å². The highest BCUT2D eigenvalue weighted by atomic mass is 16.5. The van der Waals surface area contributed by atoms with Crippen molar-refractivity contribution in [3.8, 4) is 5.75 Å². The van der Waals surface area contributed by atoms with E-state index in [1.807, 2.05) is 23.7 Å². The molecule has 1 aromatic heterocycles. The Labute approximate surface area is 141 Å². The van der Waals surface area contributed by atoms with Gasteiger partial charge in [0.2, 0.25) is 0 Å². The first-order valence-corrected chi connectivity index (χ1v) is 8.38. The van der Waals surface area contributed by atoms with Gasteiger partial charge in [-0.15, -0.1) is 0 Å². The van der Waals surface area contributed by atoms with Gasteiger partial charge in [0.1, 0.15) is 5.75 Å². The van der Waals surface area contributed by atoms with Crippen molar-refractivity contribution < 1.29 is 14.6 Å². The summed E-state index contributed by atoms with van der Waals surface area (Å²) >= 11 is 0. The summed E-state index contributed by atoms with van der Waals surface area (Å²) in [4.78, 5) is 14.5. The molecule has 0 fully saturated rings. The van der Waals surface area contributed by atoms with Gasteiger partial charge in [-0.3, -0.25) is 9.58 Å². The van der Waals surface area contributed by atoms with Crippen molar-refractivity contribution in [2.45, 2.75) is 39.9 Å². The van der Waals surface area contributed by atoms with E-state index in [4.69, 9.17) is 4.74 Å². The molecule has 1 aliphatic rings. The maximum Gasteiger partial charge on any atom is 0.359 e. The number of aryl methyl sites for hydroxylation is 1. The highest BCUT2D eigenvalue weighted by Gasteiger charge is 2.28. The topological polar surface area (TPSA) is 67.6 Å². The zero-order valence-corrected chi connectivity index (χ0v) is 14.2. The van der Waals surface area contributed by atoms with E-state index in [0.29, 0.717) is 18.8 Å². The molecular formula is C18H23N3O3. The Kier molecular flexibility index (Phi) is 4.85. The van der Waals surface area contributed by atoms with Gasteiger partial charge in [0.25, 0.3) is 0 Å². The van der Waals surface area contributed by atoms with Crippen molar-refractivity contribution >= 4 is 5.97 Å². The minimum atomic E-state index is -0.347. The van der Waals surface area contributed by atoms with E-state index in [0.717, 1.165) is 42.9 Å². The molecule has 0 saturated carbocycles. The number of rotatable bonds is 5. The number of phenols is 1. The van der Waals surface area contributed by atoms with E-state index in [9.17, 15) is 9.90 Å². The van der Waals surface area contributed by atoms with Crippen LogP contribution in [-0.4, -0.2) is 38.9 Å². The van der Waals surface area contributed by atoms with E-state index in [1.54, 1.807) is 19.1 Å². The molecule has 24 heavy (non-hydrogen) atoms. The third-order valence-electron chi connectivity index (χ3n) is 4.30. The summed E-state index contributed by atoms with van der Waals surface area (Å²) < 4.78 is 7.06. The molecular weight excluding hydrogens is 306 g/mol. The van der Waals surface area contributed by atoms with Crippen LogP contribution in [0.15, 0.2) is 24.3 Å². The summed E-state index contributed by atoms with van der Waals surface area (Å²) in [6, 6.07) is 7.29. The van der Waals surface area contributed by atoms with E-state index < -0.39 is 0 Å². The zero-order chi connectivity index (χ0) is 17.1. The molecule has 0 spiro atoms. The SMILES string of the molecule is CCOC(=O)c1nn(CC)c2c1CN(Cc1cccc(O)c1)CC2. The first-order valence-electron chi connectivity index (χ1n) is 8.38. The van der Waals surface area contributed by atoms with Gasteiger partial charge >= 0.3 is 5.97 Å². The van der Waals surface area contributed by atoms with Crippen LogP contribution < -0.4 is 0 Å². The molecule has 2 heterocycles. The third-order valence-corrected chi connectivity index (χ3v) is 4.30. The first-order chi connectivity index (χ1) is 11.6. The number of esters is 1. The molecule has 0 radical (unpaired) electrons. The van der Waals surface area contributed by atoms with Crippen molar-refractivity contribution in [2.24, 2.45) is 0 Å². The number of ether oxygens (including phenoxy) is 1. The third kappa shape index (κ3) is 3.28. The predicted octanol–water partition coefficient (Wildman–Crippen LogP) is 2.34. The minimum Gasteiger partial charge on any atom is -0.508 e. The molecule has 2 aromatic rings. The number of nitrogens with zero attached hydrogens (tertiary/aromatic N) is 3. The van der Waals surface area contributed by atoms with Gasteiger partial charge < -0.3 is 9.84 Å². The summed E-state index contributed by atoms with van der Waals surface area (Å²) in [5.74, 6) is -0.0728. The van der Waals surface area contributed by atoms with Crippen molar-refractivity contribution in [1.82, 2.24) is 14.7 Å². The molecule has 3 rings (SSSR count). The summed E-state index contributed by atoms with van der Waals surface area (Å²) in [5.41, 5.74) is 3.60. The Bertz CT molecular complexity index is 739. The van der Waals surface area contributed by atoms with Gasteiger partial charge in [-0.2, -0.15) is 5.10 Å². The fourth-order valence-electron chi connectivity index (χ4n) is 3.22. The molecule has 0 aliphatic carbocycles. The van der Waals surface area contributed by atoms with E-state index in [2.05, 4.69) is 10.00 Å². The maximum absolute atomic E-state index is 12.2. The second-order valence-electron chi connectivity index (χ2n) is 5.94. The summed E-state index contributed by atoms with van der Waals surface area (Å²) in [5, 5.41) is 14.1. The van der Waals surface area contributed by atoms with Crippen LogP contribution in [-0.2, 0) is 30.8 Å². The fraction of sp³-hybridized carbons (Fsp3) is 0.444. The van der Waals surface area contributed by atoms with Crippen LogP contribution in [0.5, 0.6) is 5.75 Å². The van der Waals surface area contributed by atoms with Crippen molar-refractivity contribution in [3.63, 3.8) is 0 Å². The van der Waals surface area contributed by atoms with Gasteiger partial charge in [0, 0.05) is 43.9 Å². The molecule has 1 aliphatic heterocycles. The van der Waals surface area contributed by atoms with Crippen LogP contribution in [0.3, 0.4) is 0 Å². The number of carbonyl (C=O) groups excluding carboxylic acids is 1. The van der Waals surface area contributed by atoms with Crippen molar-refractivity contribution in [3.05, 3.63) is 46.8 Å². The fourth-order valence-corrected chi connectivity index (χ4v) is 3.22. The Morgan fingerprint density at radius 3 is 2.92 bits per heavy atom. The number of phenolic OH excluding ortho intramolecular Hbond substituents is 1. The maximum atomic E-state index is 12.2. The quantitative estimate of drug-likeness (QED) is 0.853. The smallest absolute Gasteiger partial charge is 0.359 e. The highest BCUT2D eigenvalue weighted by molar-refractivity contribution is 5.89. The molecule has 1 aromatic carbocycles. The molecule has 0 atom stereocenters. The number of aromatic hydroxyl groups is 1. The van der Waals surface area contributed by atoms with Gasteiger partial charge in [-0.05, 0) is 31.5 Å². The van der Waals surface area contributed by atoms with Gasteiger partial charge in [0.15, 0.2) is 5.69 Å². The Morgan fingerprint density at radius 2 is 2.21 bits per heavy atom. The standard InChI is InChI=1S/C18H23N3O3/c1-3-21-16-8-9-20(11-13-6-5-7-14(22)10-13)12-15(16)17(19-21)18(23)24-4-2/h5-7,10,22H,3-4,8-9,11-12H2,1-2H3. The Balaban J connectivity index is 1.83. The molecule has 6 nitrogen and oxygen atoms in total. The number of hydrogen-bond acceptors (Lipinski definition) is 5. The van der Waals surface area contributed by atoms with Crippen LogP contribution in [0.25, 0.3) is 0 Å². The van der Waals surface area contributed by atoms with Crippen LogP contribution in [0.4, 0.5) is 0 Å². The molecule has 0 bridgehead atoms. The molecule has 6 heteroatoms. The number of carbonyl (C=O) groups is 1. The molecule has 1 N–H and O–H groups in total. The summed E-state index contributed by atoms with van der Waals surface area (Å²) in [6.07, 6.45) is 0.856. The minimum absolute atomic E-state index is 0.274. The summed E-state index contributed by atoms with van der Waals surface area (Å²) in [6.45, 7) is 7.22. The average Bonchev–Trinajstić information content (AvgIpc) is 2.93. The lowest BCUT2D eigenvalue weighted by Gasteiger charge is -2.27. The largest absolute Gasteiger partial charge is 0.508 e. The lowest BCUT2D eigenvalue weighted by atomic mass is 10.0. The van der Waals surface area contributed by atoms with Crippen LogP contribution in [0, 0.1) is 0 Å². The lowest BCUT2D eigenvalue weighted by molar-refractivity contribution is 0.0515. The average molecular weight is 329 g/mol. The second-order valence-corrected chi connectivity index (χ2v) is 5.94. The van der Waals surface area contributed by atoms with Gasteiger partial charge in [-0.25, -0.2) is 4.79 Å².